The second-order valence-corrected chi connectivity index (χ2v) is 20.5. The van der Waals surface area contributed by atoms with Crippen molar-refractivity contribution in [1.82, 2.24) is 0 Å². The van der Waals surface area contributed by atoms with Crippen molar-refractivity contribution in [1.29, 1.82) is 0 Å². The summed E-state index contributed by atoms with van der Waals surface area (Å²) < 4.78 is 6.35. The van der Waals surface area contributed by atoms with Gasteiger partial charge in [0, 0.05) is 41.7 Å². The van der Waals surface area contributed by atoms with E-state index in [1.165, 1.54) is 108 Å². The van der Waals surface area contributed by atoms with Gasteiger partial charge in [0.25, 0.3) is 0 Å². The molecule has 2 nitrogen and oxygen atoms in total. The molecule has 10 aromatic carbocycles. The molecule has 1 N–H and O–H groups in total. The van der Waals surface area contributed by atoms with Crippen LogP contribution in [0.4, 0.5) is 11.4 Å². The molecule has 2 aliphatic carbocycles. The van der Waals surface area contributed by atoms with Crippen LogP contribution in [0, 0.1) is 6.92 Å². The molecule has 1 atom stereocenters. The molecule has 2 aliphatic heterocycles. The van der Waals surface area contributed by atoms with Crippen LogP contribution >= 0.6 is 23.5 Å². The van der Waals surface area contributed by atoms with E-state index in [9.17, 15) is 0 Å². The molecule has 3 heterocycles. The van der Waals surface area contributed by atoms with Crippen molar-refractivity contribution in [2.75, 3.05) is 5.32 Å². The molecule has 2 spiro atoms. The Kier molecular flexibility index (Phi) is 7.75. The molecule has 0 bridgehead atoms. The quantitative estimate of drug-likeness (QED) is 0.191. The summed E-state index contributed by atoms with van der Waals surface area (Å²) in [6.45, 7) is 2.25. The summed E-state index contributed by atoms with van der Waals surface area (Å²) in [7, 11) is 0. The fraction of sp³-hybridized carbons (Fsp3) is 0.0476. The molecule has 1 aromatic heterocycles. The minimum Gasteiger partial charge on any atom is -0.456 e. The Morgan fingerprint density at radius 2 is 0.821 bits per heavy atom. The smallest absolute Gasteiger partial charge is 0.135 e. The summed E-state index contributed by atoms with van der Waals surface area (Å²) in [4.78, 5) is 5.17. The molecular weight excluding hydrogens is 851 g/mol. The molecular formula is C63H39NOS2. The Balaban J connectivity index is 0.917. The maximum absolute atomic E-state index is 6.35. The Hall–Kier alpha value is -7.50. The summed E-state index contributed by atoms with van der Waals surface area (Å²) in [5, 5.41) is 6.35. The Morgan fingerprint density at radius 3 is 1.42 bits per heavy atom. The van der Waals surface area contributed by atoms with Gasteiger partial charge in [-0.3, -0.25) is 0 Å². The lowest BCUT2D eigenvalue weighted by molar-refractivity contribution is 0.669. The molecule has 314 valence electrons. The van der Waals surface area contributed by atoms with Gasteiger partial charge in [0.15, 0.2) is 0 Å². The van der Waals surface area contributed by atoms with Gasteiger partial charge in [-0.1, -0.05) is 169 Å². The van der Waals surface area contributed by atoms with E-state index in [2.05, 4.69) is 218 Å². The van der Waals surface area contributed by atoms with Crippen LogP contribution in [0.1, 0.15) is 50.1 Å². The summed E-state index contributed by atoms with van der Waals surface area (Å²) >= 11 is 3.77. The zero-order chi connectivity index (χ0) is 44.0. The van der Waals surface area contributed by atoms with Crippen molar-refractivity contribution < 1.29 is 4.42 Å². The highest BCUT2D eigenvalue weighted by Gasteiger charge is 2.52. The molecule has 0 saturated heterocycles. The lowest BCUT2D eigenvalue weighted by Gasteiger charge is -2.40. The Bertz CT molecular complexity index is 3910. The fourth-order valence-electron chi connectivity index (χ4n) is 12.5. The normalized spacial score (nSPS) is 16.2. The number of rotatable bonds is 3. The van der Waals surface area contributed by atoms with Crippen LogP contribution in [0.15, 0.2) is 236 Å². The largest absolute Gasteiger partial charge is 0.456 e. The lowest BCUT2D eigenvalue weighted by Crippen LogP contribution is -2.32. The van der Waals surface area contributed by atoms with Gasteiger partial charge in [-0.2, -0.15) is 0 Å². The Labute approximate surface area is 397 Å². The number of hydrogen-bond donors (Lipinski definition) is 1. The molecule has 4 aliphatic rings. The van der Waals surface area contributed by atoms with Crippen molar-refractivity contribution in [2.24, 2.45) is 0 Å². The van der Waals surface area contributed by atoms with Crippen LogP contribution in [0.2, 0.25) is 0 Å². The van der Waals surface area contributed by atoms with Crippen molar-refractivity contribution in [3.05, 3.63) is 262 Å². The van der Waals surface area contributed by atoms with Crippen LogP contribution in [-0.4, -0.2) is 0 Å². The van der Waals surface area contributed by atoms with E-state index < -0.39 is 10.8 Å². The molecule has 11 aromatic rings. The van der Waals surface area contributed by atoms with Crippen LogP contribution in [0.5, 0.6) is 0 Å². The maximum atomic E-state index is 6.35. The number of aryl methyl sites for hydroxylation is 1. The monoisotopic (exact) mass is 889 g/mol. The van der Waals surface area contributed by atoms with Crippen LogP contribution < -0.4 is 5.32 Å². The zero-order valence-electron chi connectivity index (χ0n) is 36.4. The topological polar surface area (TPSA) is 25.2 Å². The minimum atomic E-state index is -0.547. The fourth-order valence-corrected chi connectivity index (χ4v) is 14.9. The van der Waals surface area contributed by atoms with E-state index in [1.54, 1.807) is 0 Å². The van der Waals surface area contributed by atoms with Gasteiger partial charge in [-0.25, -0.2) is 0 Å². The van der Waals surface area contributed by atoms with Gasteiger partial charge < -0.3 is 9.73 Å². The maximum Gasteiger partial charge on any atom is 0.135 e. The molecule has 0 radical (unpaired) electrons. The van der Waals surface area contributed by atoms with Crippen molar-refractivity contribution in [3.63, 3.8) is 0 Å². The molecule has 1 unspecified atom stereocenters. The van der Waals surface area contributed by atoms with E-state index >= 15 is 0 Å². The summed E-state index contributed by atoms with van der Waals surface area (Å²) in [6, 6.07) is 79.4. The summed E-state index contributed by atoms with van der Waals surface area (Å²) in [5.74, 6) is 0. The lowest BCUT2D eigenvalue weighted by atomic mass is 9.67. The number of fused-ring (bicyclic) bond motifs is 21. The highest BCUT2D eigenvalue weighted by molar-refractivity contribution is 7.99. The summed E-state index contributed by atoms with van der Waals surface area (Å²) in [6.07, 6.45) is 0. The predicted octanol–water partition coefficient (Wildman–Crippen LogP) is 17.0. The van der Waals surface area contributed by atoms with E-state index in [1.807, 2.05) is 29.6 Å². The van der Waals surface area contributed by atoms with E-state index in [0.717, 1.165) is 27.9 Å². The van der Waals surface area contributed by atoms with Crippen molar-refractivity contribution >= 4 is 56.8 Å². The van der Waals surface area contributed by atoms with Gasteiger partial charge in [0.1, 0.15) is 11.2 Å². The van der Waals surface area contributed by atoms with Crippen molar-refractivity contribution in [2.45, 2.75) is 37.3 Å². The van der Waals surface area contributed by atoms with Gasteiger partial charge in [-0.15, -0.1) is 0 Å². The van der Waals surface area contributed by atoms with E-state index in [-0.39, 0.29) is 0 Å². The molecule has 0 saturated carbocycles. The molecule has 0 fully saturated rings. The second kappa shape index (κ2) is 13.8. The second-order valence-electron chi connectivity index (χ2n) is 18.3. The number of anilines is 2. The molecule has 0 amide bonds. The van der Waals surface area contributed by atoms with E-state index in [0.29, 0.717) is 0 Å². The molecule has 15 rings (SSSR count). The first-order chi connectivity index (χ1) is 33.1. The highest BCUT2D eigenvalue weighted by Crippen LogP contribution is 2.64. The zero-order valence-corrected chi connectivity index (χ0v) is 38.1. The SMILES string of the molecule is Cc1c(-c2ccc3c(c2)C2(c4ccccc4Sc4ccc(Nc5ccc6c(c5)C5(c7ccccc7S6)c6ccccc6-c6ccccc65)cc42)c2ccccc2-3)ccc2oc3ccccc3c12. The van der Waals surface area contributed by atoms with Crippen LogP contribution in [-0.2, 0) is 10.8 Å². The average molecular weight is 890 g/mol. The van der Waals surface area contributed by atoms with Crippen LogP contribution in [0.25, 0.3) is 55.3 Å². The Morgan fingerprint density at radius 1 is 0.358 bits per heavy atom. The number of hydrogen-bond acceptors (Lipinski definition) is 4. The van der Waals surface area contributed by atoms with Crippen molar-refractivity contribution in [3.8, 4) is 33.4 Å². The van der Waals surface area contributed by atoms with Gasteiger partial charge in [0.2, 0.25) is 0 Å². The first-order valence-corrected chi connectivity index (χ1v) is 24.7. The third kappa shape index (κ3) is 4.94. The highest BCUT2D eigenvalue weighted by atomic mass is 32.2. The third-order valence-electron chi connectivity index (χ3n) is 15.2. The standard InChI is InChI=1S/C63H39NOS2/c1-37-41(30-31-56-61(37)46-17-5-11-23-55(46)65-56)38-26-29-45-44-16-4-8-20-49(44)63(52(45)34-38)51-22-10-13-25-58(51)67-60-33-28-40(36-54(60)63)64-39-27-32-59-53(35-39)62(50-21-9-12-24-57(50)66-59)47-18-6-2-14-42(47)43-15-3-7-19-48(43)62/h2-36,64H,1H3. The average Bonchev–Trinajstić information content (AvgIpc) is 4.00. The van der Waals surface area contributed by atoms with Gasteiger partial charge in [0.05, 0.1) is 10.8 Å². The first kappa shape index (κ1) is 37.7. The van der Waals surface area contributed by atoms with Crippen LogP contribution in [0.3, 0.4) is 0 Å². The summed E-state index contributed by atoms with van der Waals surface area (Å²) in [5.41, 5.74) is 22.5. The third-order valence-corrected chi connectivity index (χ3v) is 17.5. The number of furan rings is 1. The number of benzene rings is 10. The minimum absolute atomic E-state index is 0.440. The predicted molar refractivity (Wildman–Crippen MR) is 276 cm³/mol. The molecule has 67 heavy (non-hydrogen) atoms. The first-order valence-electron chi connectivity index (χ1n) is 23.1. The van der Waals surface area contributed by atoms with Gasteiger partial charge in [-0.05, 0) is 157 Å². The van der Waals surface area contributed by atoms with Gasteiger partial charge >= 0.3 is 0 Å². The molecule has 4 heteroatoms. The number of para-hydroxylation sites is 1. The van der Waals surface area contributed by atoms with E-state index in [4.69, 9.17) is 4.42 Å². The number of nitrogens with one attached hydrogen (secondary N) is 1.